The molecule has 0 radical (unpaired) electrons. The summed E-state index contributed by atoms with van der Waals surface area (Å²) in [6.45, 7) is 2.09. The number of nitrogens with one attached hydrogen (secondary N) is 1. The van der Waals surface area contributed by atoms with Crippen molar-refractivity contribution in [3.63, 3.8) is 0 Å². The summed E-state index contributed by atoms with van der Waals surface area (Å²) in [6, 6.07) is 0.132. The van der Waals surface area contributed by atoms with Crippen LogP contribution in [0.15, 0.2) is 0 Å². The van der Waals surface area contributed by atoms with Crippen molar-refractivity contribution < 1.29 is 8.42 Å². The Balaban J connectivity index is 2.58. The molecule has 4 nitrogen and oxygen atoms in total. The van der Waals surface area contributed by atoms with Crippen LogP contribution in [0.4, 0.5) is 0 Å². The molecule has 1 saturated carbocycles. The van der Waals surface area contributed by atoms with Crippen molar-refractivity contribution in [1.82, 2.24) is 9.03 Å². The van der Waals surface area contributed by atoms with E-state index in [4.69, 9.17) is 0 Å². The summed E-state index contributed by atoms with van der Waals surface area (Å²) in [4.78, 5) is 0. The lowest BCUT2D eigenvalue weighted by Gasteiger charge is -2.20. The molecule has 5 heteroatoms. The van der Waals surface area contributed by atoms with Gasteiger partial charge in [-0.05, 0) is 18.8 Å². The van der Waals surface area contributed by atoms with Crippen LogP contribution in [-0.4, -0.2) is 32.9 Å². The Morgan fingerprint density at radius 2 is 1.92 bits per heavy atom. The van der Waals surface area contributed by atoms with Crippen molar-refractivity contribution in [3.05, 3.63) is 0 Å². The van der Waals surface area contributed by atoms with Gasteiger partial charge in [-0.15, -0.1) is 0 Å². The largest absolute Gasteiger partial charge is 0.279 e. The van der Waals surface area contributed by atoms with E-state index in [-0.39, 0.29) is 6.04 Å². The van der Waals surface area contributed by atoms with Crippen molar-refractivity contribution in [2.75, 3.05) is 14.1 Å². The van der Waals surface area contributed by atoms with E-state index in [0.717, 1.165) is 19.3 Å². The van der Waals surface area contributed by atoms with Crippen LogP contribution in [-0.2, 0) is 10.2 Å². The summed E-state index contributed by atoms with van der Waals surface area (Å²) < 4.78 is 26.8. The molecule has 1 aliphatic carbocycles. The van der Waals surface area contributed by atoms with Crippen LogP contribution >= 0.6 is 0 Å². The molecule has 2 unspecified atom stereocenters. The fourth-order valence-corrected chi connectivity index (χ4v) is 2.56. The highest BCUT2D eigenvalue weighted by Crippen LogP contribution is 2.25. The molecular formula is C8H18N2O2S. The van der Waals surface area contributed by atoms with E-state index in [9.17, 15) is 8.42 Å². The van der Waals surface area contributed by atoms with Crippen LogP contribution in [0.3, 0.4) is 0 Å². The van der Waals surface area contributed by atoms with E-state index in [1.54, 1.807) is 14.1 Å². The summed E-state index contributed by atoms with van der Waals surface area (Å²) in [5, 5.41) is 0. The van der Waals surface area contributed by atoms with Gasteiger partial charge in [0, 0.05) is 20.1 Å². The van der Waals surface area contributed by atoms with Gasteiger partial charge in [0.1, 0.15) is 0 Å². The first kappa shape index (κ1) is 10.9. The lowest BCUT2D eigenvalue weighted by atomic mass is 10.1. The first-order chi connectivity index (χ1) is 5.93. The number of nitrogens with zero attached hydrogens (tertiary/aromatic N) is 1. The smallest absolute Gasteiger partial charge is 0.199 e. The third kappa shape index (κ3) is 2.65. The van der Waals surface area contributed by atoms with Gasteiger partial charge in [0.15, 0.2) is 0 Å². The lowest BCUT2D eigenvalue weighted by Crippen LogP contribution is -2.43. The molecule has 0 aromatic carbocycles. The van der Waals surface area contributed by atoms with Crippen molar-refractivity contribution in [2.45, 2.75) is 32.2 Å². The van der Waals surface area contributed by atoms with E-state index in [1.165, 1.54) is 4.31 Å². The van der Waals surface area contributed by atoms with Crippen molar-refractivity contribution in [1.29, 1.82) is 0 Å². The average molecular weight is 206 g/mol. The molecule has 0 amide bonds. The van der Waals surface area contributed by atoms with E-state index < -0.39 is 10.2 Å². The van der Waals surface area contributed by atoms with E-state index in [2.05, 4.69) is 11.6 Å². The maximum atomic E-state index is 11.4. The molecule has 1 fully saturated rings. The predicted octanol–water partition coefficient (Wildman–Crippen LogP) is 0.571. The van der Waals surface area contributed by atoms with Gasteiger partial charge in [-0.1, -0.05) is 13.3 Å². The Kier molecular flexibility index (Phi) is 3.32. The summed E-state index contributed by atoms with van der Waals surface area (Å²) in [7, 11) is -0.144. The molecule has 0 aromatic rings. The van der Waals surface area contributed by atoms with Gasteiger partial charge in [-0.2, -0.15) is 17.4 Å². The summed E-state index contributed by atoms with van der Waals surface area (Å²) in [5.41, 5.74) is 0. The van der Waals surface area contributed by atoms with Crippen LogP contribution in [0.5, 0.6) is 0 Å². The van der Waals surface area contributed by atoms with Crippen LogP contribution in [0.2, 0.25) is 0 Å². The fourth-order valence-electron chi connectivity index (χ4n) is 1.62. The summed E-state index contributed by atoms with van der Waals surface area (Å²) in [5.74, 6) is 0.467. The second kappa shape index (κ2) is 3.94. The molecule has 0 bridgehead atoms. The van der Waals surface area contributed by atoms with E-state index in [0.29, 0.717) is 5.92 Å². The van der Waals surface area contributed by atoms with Crippen LogP contribution in [0, 0.1) is 5.92 Å². The second-order valence-electron chi connectivity index (χ2n) is 3.92. The van der Waals surface area contributed by atoms with E-state index >= 15 is 0 Å². The van der Waals surface area contributed by atoms with Gasteiger partial charge < -0.3 is 0 Å². The van der Waals surface area contributed by atoms with E-state index in [1.807, 2.05) is 0 Å². The van der Waals surface area contributed by atoms with Crippen molar-refractivity contribution in [3.8, 4) is 0 Å². The standard InChI is InChI=1S/C8H18N2O2S/c1-7-5-4-6-8(7)9-13(11,12)10(2)3/h7-9H,4-6H2,1-3H3. The third-order valence-electron chi connectivity index (χ3n) is 2.64. The topological polar surface area (TPSA) is 49.4 Å². The summed E-state index contributed by atoms with van der Waals surface area (Å²) in [6.07, 6.45) is 3.22. The molecule has 0 aliphatic heterocycles. The number of hydrogen-bond donors (Lipinski definition) is 1. The minimum absolute atomic E-state index is 0.132. The SMILES string of the molecule is CC1CCCC1NS(=O)(=O)N(C)C. The first-order valence-electron chi connectivity index (χ1n) is 4.63. The van der Waals surface area contributed by atoms with Crippen LogP contribution in [0.1, 0.15) is 26.2 Å². The molecule has 1 rings (SSSR count). The van der Waals surface area contributed by atoms with Gasteiger partial charge >= 0.3 is 0 Å². The highest BCUT2D eigenvalue weighted by molar-refractivity contribution is 7.87. The molecule has 0 aromatic heterocycles. The Morgan fingerprint density at radius 3 is 2.31 bits per heavy atom. The fraction of sp³-hybridized carbons (Fsp3) is 1.00. The second-order valence-corrected chi connectivity index (χ2v) is 5.84. The van der Waals surface area contributed by atoms with Gasteiger partial charge in [-0.25, -0.2) is 0 Å². The third-order valence-corrected chi connectivity index (χ3v) is 4.20. The first-order valence-corrected chi connectivity index (χ1v) is 6.07. The Hall–Kier alpha value is -0.130. The zero-order valence-corrected chi connectivity index (χ0v) is 9.26. The molecule has 0 saturated heterocycles. The van der Waals surface area contributed by atoms with Crippen LogP contribution in [0.25, 0.3) is 0 Å². The van der Waals surface area contributed by atoms with Gasteiger partial charge in [0.2, 0.25) is 0 Å². The Bertz CT molecular complexity index is 261. The van der Waals surface area contributed by atoms with Gasteiger partial charge in [0.05, 0.1) is 0 Å². The molecule has 78 valence electrons. The molecule has 2 atom stereocenters. The Labute approximate surface area is 80.5 Å². The zero-order chi connectivity index (χ0) is 10.1. The van der Waals surface area contributed by atoms with Crippen LogP contribution < -0.4 is 4.72 Å². The van der Waals surface area contributed by atoms with Crippen molar-refractivity contribution in [2.24, 2.45) is 5.92 Å². The highest BCUT2D eigenvalue weighted by atomic mass is 32.2. The quantitative estimate of drug-likeness (QED) is 0.734. The monoisotopic (exact) mass is 206 g/mol. The lowest BCUT2D eigenvalue weighted by molar-refractivity contribution is 0.447. The normalized spacial score (nSPS) is 29.8. The molecular weight excluding hydrogens is 188 g/mol. The van der Waals surface area contributed by atoms with Gasteiger partial charge in [-0.3, -0.25) is 0 Å². The summed E-state index contributed by atoms with van der Waals surface area (Å²) >= 11 is 0. The highest BCUT2D eigenvalue weighted by Gasteiger charge is 2.28. The zero-order valence-electron chi connectivity index (χ0n) is 8.45. The Morgan fingerprint density at radius 1 is 1.31 bits per heavy atom. The maximum Gasteiger partial charge on any atom is 0.279 e. The minimum atomic E-state index is -3.23. The molecule has 13 heavy (non-hydrogen) atoms. The predicted molar refractivity (Wildman–Crippen MR) is 52.5 cm³/mol. The van der Waals surface area contributed by atoms with Gasteiger partial charge in [0.25, 0.3) is 10.2 Å². The van der Waals surface area contributed by atoms with Crippen molar-refractivity contribution >= 4 is 10.2 Å². The molecule has 1 N–H and O–H groups in total. The molecule has 0 heterocycles. The maximum absolute atomic E-state index is 11.4. The molecule has 0 spiro atoms. The number of hydrogen-bond acceptors (Lipinski definition) is 2. The average Bonchev–Trinajstić information content (AvgIpc) is 2.35. The molecule has 1 aliphatic rings. The minimum Gasteiger partial charge on any atom is -0.199 e. The number of rotatable bonds is 3.